The molecule has 1 aromatic carbocycles. The van der Waals surface area contributed by atoms with Gasteiger partial charge in [-0.15, -0.1) is 0 Å². The maximum atomic E-state index is 12.6. The van der Waals surface area contributed by atoms with Crippen molar-refractivity contribution >= 4 is 11.8 Å². The summed E-state index contributed by atoms with van der Waals surface area (Å²) < 4.78 is 12.6. The molecule has 8 heteroatoms. The van der Waals surface area contributed by atoms with Crippen molar-refractivity contribution in [1.29, 1.82) is 0 Å². The summed E-state index contributed by atoms with van der Waals surface area (Å²) in [6.07, 6.45) is 0.673. The second-order valence-corrected chi connectivity index (χ2v) is 7.06. The fourth-order valence-electron chi connectivity index (χ4n) is 3.41. The molecule has 0 aliphatic carbocycles. The molecule has 1 aliphatic rings. The average molecular weight is 381 g/mol. The molecule has 2 atom stereocenters. The molecule has 3 heterocycles. The second-order valence-electron chi connectivity index (χ2n) is 7.06. The first kappa shape index (κ1) is 18.2. The summed E-state index contributed by atoms with van der Waals surface area (Å²) in [5, 5.41) is 14.3. The van der Waals surface area contributed by atoms with Crippen LogP contribution in [0.3, 0.4) is 0 Å². The standard InChI is InChI=1S/C20H23N5O3/c1-13-9-19(25(23-13)16-6-4-3-5-7-16)22-20(26)21-18-12-27-11-15(18)10-17-8-14(2)24-28-17/h3-9,15,18H,10-12H2,1-2H3,(H2,21,22,26). The SMILES string of the molecule is Cc1cc(CC2COCC2NC(=O)Nc2cc(C)nn2-c2ccccc2)on1. The lowest BCUT2D eigenvalue weighted by molar-refractivity contribution is 0.181. The van der Waals surface area contributed by atoms with E-state index in [2.05, 4.69) is 20.9 Å². The number of carbonyl (C=O) groups excluding carboxylic acids is 1. The predicted molar refractivity (Wildman–Crippen MR) is 103 cm³/mol. The van der Waals surface area contributed by atoms with Crippen LogP contribution in [0, 0.1) is 19.8 Å². The minimum atomic E-state index is -0.286. The molecule has 1 saturated heterocycles. The number of amides is 2. The van der Waals surface area contributed by atoms with Crippen LogP contribution >= 0.6 is 0 Å². The van der Waals surface area contributed by atoms with Crippen LogP contribution in [0.25, 0.3) is 5.69 Å². The van der Waals surface area contributed by atoms with Gasteiger partial charge in [-0.05, 0) is 26.0 Å². The molecule has 8 nitrogen and oxygen atoms in total. The van der Waals surface area contributed by atoms with Gasteiger partial charge in [-0.2, -0.15) is 5.10 Å². The van der Waals surface area contributed by atoms with Crippen LogP contribution in [0.15, 0.2) is 47.0 Å². The minimum absolute atomic E-state index is 0.0976. The van der Waals surface area contributed by atoms with Crippen molar-refractivity contribution in [3.05, 3.63) is 59.6 Å². The van der Waals surface area contributed by atoms with Gasteiger partial charge in [-0.3, -0.25) is 5.32 Å². The number of hydrogen-bond donors (Lipinski definition) is 2. The van der Waals surface area contributed by atoms with Gasteiger partial charge in [0.05, 0.1) is 36.3 Å². The van der Waals surface area contributed by atoms with Gasteiger partial charge in [0.2, 0.25) is 0 Å². The number of hydrogen-bond acceptors (Lipinski definition) is 5. The quantitative estimate of drug-likeness (QED) is 0.709. The van der Waals surface area contributed by atoms with E-state index in [-0.39, 0.29) is 18.0 Å². The number of aromatic nitrogens is 3. The second kappa shape index (κ2) is 7.85. The Balaban J connectivity index is 1.42. The van der Waals surface area contributed by atoms with Gasteiger partial charge in [-0.1, -0.05) is 23.4 Å². The third-order valence-electron chi connectivity index (χ3n) is 4.73. The lowest BCUT2D eigenvalue weighted by atomic mass is 9.98. The van der Waals surface area contributed by atoms with Crippen LogP contribution in [0.2, 0.25) is 0 Å². The summed E-state index contributed by atoms with van der Waals surface area (Å²) in [6.45, 7) is 4.83. The third-order valence-corrected chi connectivity index (χ3v) is 4.73. The first-order chi connectivity index (χ1) is 13.6. The van der Waals surface area contributed by atoms with Crippen LogP contribution in [0.4, 0.5) is 10.6 Å². The molecule has 2 N–H and O–H groups in total. The molecule has 2 aromatic heterocycles. The van der Waals surface area contributed by atoms with E-state index in [0.29, 0.717) is 25.5 Å². The van der Waals surface area contributed by atoms with Crippen LogP contribution in [-0.4, -0.2) is 40.2 Å². The topological polar surface area (TPSA) is 94.2 Å². The summed E-state index contributed by atoms with van der Waals surface area (Å²) in [6, 6.07) is 13.1. The molecule has 0 saturated carbocycles. The summed E-state index contributed by atoms with van der Waals surface area (Å²) in [4.78, 5) is 12.6. The van der Waals surface area contributed by atoms with E-state index in [0.717, 1.165) is 22.8 Å². The molecular formula is C20H23N5O3. The molecular weight excluding hydrogens is 358 g/mol. The molecule has 1 fully saturated rings. The molecule has 0 bridgehead atoms. The van der Waals surface area contributed by atoms with E-state index >= 15 is 0 Å². The zero-order chi connectivity index (χ0) is 19.5. The Morgan fingerprint density at radius 3 is 2.75 bits per heavy atom. The Kier molecular flexibility index (Phi) is 5.12. The van der Waals surface area contributed by atoms with Crippen LogP contribution < -0.4 is 10.6 Å². The molecule has 2 unspecified atom stereocenters. The van der Waals surface area contributed by atoms with Crippen molar-refractivity contribution in [2.45, 2.75) is 26.3 Å². The van der Waals surface area contributed by atoms with E-state index < -0.39 is 0 Å². The Bertz CT molecular complexity index is 950. The Morgan fingerprint density at radius 2 is 2.00 bits per heavy atom. The number of carbonyl (C=O) groups is 1. The predicted octanol–water partition coefficient (Wildman–Crippen LogP) is 2.86. The van der Waals surface area contributed by atoms with Gasteiger partial charge < -0.3 is 14.6 Å². The van der Waals surface area contributed by atoms with Gasteiger partial charge in [0.25, 0.3) is 0 Å². The zero-order valence-electron chi connectivity index (χ0n) is 15.9. The van der Waals surface area contributed by atoms with Gasteiger partial charge in [0.15, 0.2) is 0 Å². The maximum absolute atomic E-state index is 12.6. The lowest BCUT2D eigenvalue weighted by Gasteiger charge is -2.18. The first-order valence-electron chi connectivity index (χ1n) is 9.28. The first-order valence-corrected chi connectivity index (χ1v) is 9.28. The number of nitrogens with zero attached hydrogens (tertiary/aromatic N) is 3. The van der Waals surface area contributed by atoms with Gasteiger partial charge in [0, 0.05) is 24.5 Å². The summed E-state index contributed by atoms with van der Waals surface area (Å²) in [5.74, 6) is 1.55. The monoisotopic (exact) mass is 381 g/mol. The minimum Gasteiger partial charge on any atom is -0.379 e. The Labute approximate surface area is 162 Å². The van der Waals surface area contributed by atoms with Gasteiger partial charge >= 0.3 is 6.03 Å². The fourth-order valence-corrected chi connectivity index (χ4v) is 3.41. The Morgan fingerprint density at radius 1 is 1.18 bits per heavy atom. The van der Waals surface area contributed by atoms with Crippen molar-refractivity contribution in [3.8, 4) is 5.69 Å². The maximum Gasteiger partial charge on any atom is 0.320 e. The number of ether oxygens (including phenoxy) is 1. The molecule has 4 rings (SSSR count). The third kappa shape index (κ3) is 4.07. The molecule has 0 radical (unpaired) electrons. The van der Waals surface area contributed by atoms with E-state index in [1.54, 1.807) is 4.68 Å². The highest BCUT2D eigenvalue weighted by atomic mass is 16.5. The number of para-hydroxylation sites is 1. The largest absolute Gasteiger partial charge is 0.379 e. The van der Waals surface area contributed by atoms with Crippen molar-refractivity contribution < 1.29 is 14.1 Å². The molecule has 2 amide bonds. The van der Waals surface area contributed by atoms with Crippen molar-refractivity contribution in [2.75, 3.05) is 18.5 Å². The number of benzene rings is 1. The molecule has 1 aliphatic heterocycles. The molecule has 28 heavy (non-hydrogen) atoms. The highest BCUT2D eigenvalue weighted by Gasteiger charge is 2.31. The van der Waals surface area contributed by atoms with Crippen molar-refractivity contribution in [3.63, 3.8) is 0 Å². The van der Waals surface area contributed by atoms with E-state index in [1.165, 1.54) is 0 Å². The van der Waals surface area contributed by atoms with Crippen LogP contribution in [0.5, 0.6) is 0 Å². The molecule has 3 aromatic rings. The highest BCUT2D eigenvalue weighted by molar-refractivity contribution is 5.89. The zero-order valence-corrected chi connectivity index (χ0v) is 15.9. The normalized spacial score (nSPS) is 18.9. The summed E-state index contributed by atoms with van der Waals surface area (Å²) in [5.41, 5.74) is 2.55. The number of rotatable bonds is 5. The summed E-state index contributed by atoms with van der Waals surface area (Å²) >= 11 is 0. The van der Waals surface area contributed by atoms with Gasteiger partial charge in [0.1, 0.15) is 11.6 Å². The Hall–Kier alpha value is -3.13. The average Bonchev–Trinajstić information content (AvgIpc) is 3.38. The molecule has 146 valence electrons. The number of anilines is 1. The highest BCUT2D eigenvalue weighted by Crippen LogP contribution is 2.21. The smallest absolute Gasteiger partial charge is 0.320 e. The number of aryl methyl sites for hydroxylation is 2. The fraction of sp³-hybridized carbons (Fsp3) is 0.350. The van der Waals surface area contributed by atoms with E-state index in [9.17, 15) is 4.79 Å². The van der Waals surface area contributed by atoms with Crippen LogP contribution in [0.1, 0.15) is 17.1 Å². The van der Waals surface area contributed by atoms with Crippen LogP contribution in [-0.2, 0) is 11.2 Å². The molecule has 0 spiro atoms. The lowest BCUT2D eigenvalue weighted by Crippen LogP contribution is -2.43. The van der Waals surface area contributed by atoms with Gasteiger partial charge in [-0.25, -0.2) is 9.48 Å². The van der Waals surface area contributed by atoms with Crippen molar-refractivity contribution in [1.82, 2.24) is 20.3 Å². The number of urea groups is 1. The van der Waals surface area contributed by atoms with E-state index in [1.807, 2.05) is 56.3 Å². The van der Waals surface area contributed by atoms with E-state index in [4.69, 9.17) is 9.26 Å². The number of nitrogens with one attached hydrogen (secondary N) is 2. The summed E-state index contributed by atoms with van der Waals surface area (Å²) in [7, 11) is 0. The van der Waals surface area contributed by atoms with Crippen molar-refractivity contribution in [2.24, 2.45) is 5.92 Å².